The third-order valence-electron chi connectivity index (χ3n) is 4.23. The van der Waals surface area contributed by atoms with Crippen molar-refractivity contribution in [3.8, 4) is 11.5 Å². The Morgan fingerprint density at radius 1 is 1.24 bits per heavy atom. The van der Waals surface area contributed by atoms with Crippen molar-refractivity contribution in [2.45, 2.75) is 6.61 Å². The van der Waals surface area contributed by atoms with Crippen LogP contribution in [0.3, 0.4) is 0 Å². The van der Waals surface area contributed by atoms with E-state index in [9.17, 15) is 14.9 Å². The third-order valence-corrected chi connectivity index (χ3v) is 4.23. The number of nitro groups is 1. The van der Waals surface area contributed by atoms with Crippen LogP contribution in [0.25, 0.3) is 6.08 Å². The van der Waals surface area contributed by atoms with E-state index in [1.54, 1.807) is 50.7 Å². The summed E-state index contributed by atoms with van der Waals surface area (Å²) in [5.74, 6) is 0.842. The molecule has 0 spiro atoms. The highest BCUT2D eigenvalue weighted by atomic mass is 16.6. The Bertz CT molecular complexity index is 1070. The molecule has 29 heavy (non-hydrogen) atoms. The number of ether oxygens (including phenoxy) is 2. The normalized spacial score (nSPS) is 10.8. The van der Waals surface area contributed by atoms with E-state index in [4.69, 9.17) is 9.47 Å². The Hall–Kier alpha value is -3.94. The number of allylic oxidation sites excluding steroid dienone is 1. The molecule has 0 radical (unpaired) electrons. The molecule has 0 aliphatic carbocycles. The number of carbonyl (C=O) groups is 1. The fraction of sp³-hybridized carbons (Fsp3) is 0.143. The summed E-state index contributed by atoms with van der Waals surface area (Å²) in [6, 6.07) is 13.1. The maximum Gasteiger partial charge on any atom is 0.273 e. The van der Waals surface area contributed by atoms with E-state index >= 15 is 0 Å². The fourth-order valence-corrected chi connectivity index (χ4v) is 2.74. The molecule has 0 fully saturated rings. The molecule has 3 rings (SSSR count). The molecule has 1 heterocycles. The molecule has 8 nitrogen and oxygen atoms in total. The minimum Gasteiger partial charge on any atom is -0.496 e. The highest BCUT2D eigenvalue weighted by molar-refractivity contribution is 6.05. The van der Waals surface area contributed by atoms with Crippen molar-refractivity contribution in [3.05, 3.63) is 87.7 Å². The van der Waals surface area contributed by atoms with Crippen LogP contribution in [-0.2, 0) is 13.7 Å². The molecular formula is C21H19N3O5. The third kappa shape index (κ3) is 4.86. The number of hydrogen-bond donors (Lipinski definition) is 0. The minimum absolute atomic E-state index is 0.0418. The summed E-state index contributed by atoms with van der Waals surface area (Å²) in [7, 11) is 3.26. The highest BCUT2D eigenvalue weighted by Gasteiger charge is 2.10. The van der Waals surface area contributed by atoms with E-state index in [0.717, 1.165) is 11.1 Å². The van der Waals surface area contributed by atoms with Gasteiger partial charge in [0.05, 0.1) is 18.1 Å². The SMILES string of the molecule is COc1ccc(/C=C/C(=O)c2ccnn2C)cc1COc1cccc([N+](=O)[O-])c1. The van der Waals surface area contributed by atoms with Crippen LogP contribution in [0.5, 0.6) is 11.5 Å². The zero-order valence-electron chi connectivity index (χ0n) is 15.9. The molecule has 0 N–H and O–H groups in total. The average Bonchev–Trinajstić information content (AvgIpc) is 3.16. The standard InChI is InChI=1S/C21H19N3O5/c1-23-19(10-11-22-23)20(25)8-6-15-7-9-21(28-2)16(12-15)14-29-18-5-3-4-17(13-18)24(26)27/h3-13H,14H2,1-2H3/b8-6+. The minimum atomic E-state index is -0.474. The lowest BCUT2D eigenvalue weighted by Crippen LogP contribution is -2.03. The summed E-state index contributed by atoms with van der Waals surface area (Å²) >= 11 is 0. The fourth-order valence-electron chi connectivity index (χ4n) is 2.74. The Labute approximate surface area is 167 Å². The Kier molecular flexibility index (Phi) is 6.03. The van der Waals surface area contributed by atoms with Crippen LogP contribution in [0.2, 0.25) is 0 Å². The van der Waals surface area contributed by atoms with Crippen molar-refractivity contribution in [2.75, 3.05) is 7.11 Å². The molecular weight excluding hydrogens is 374 g/mol. The van der Waals surface area contributed by atoms with Gasteiger partial charge in [-0.3, -0.25) is 19.6 Å². The Balaban J connectivity index is 1.76. The van der Waals surface area contributed by atoms with Gasteiger partial charge in [0.2, 0.25) is 5.78 Å². The lowest BCUT2D eigenvalue weighted by Gasteiger charge is -2.11. The molecule has 0 saturated carbocycles. The van der Waals surface area contributed by atoms with Crippen LogP contribution in [0, 0.1) is 10.1 Å². The van der Waals surface area contributed by atoms with Crippen molar-refractivity contribution in [1.82, 2.24) is 9.78 Å². The van der Waals surface area contributed by atoms with Gasteiger partial charge < -0.3 is 9.47 Å². The van der Waals surface area contributed by atoms with Crippen molar-refractivity contribution >= 4 is 17.5 Å². The summed E-state index contributed by atoms with van der Waals surface area (Å²) < 4.78 is 12.6. The molecule has 1 aromatic heterocycles. The topological polar surface area (TPSA) is 96.5 Å². The molecule has 0 saturated heterocycles. The molecule has 0 atom stereocenters. The number of nitrogens with zero attached hydrogens (tertiary/aromatic N) is 3. The van der Waals surface area contributed by atoms with Crippen LogP contribution < -0.4 is 9.47 Å². The van der Waals surface area contributed by atoms with Crippen molar-refractivity contribution < 1.29 is 19.2 Å². The van der Waals surface area contributed by atoms with Gasteiger partial charge in [-0.05, 0) is 35.9 Å². The average molecular weight is 393 g/mol. The second kappa shape index (κ2) is 8.83. The van der Waals surface area contributed by atoms with Crippen molar-refractivity contribution in [2.24, 2.45) is 7.05 Å². The molecule has 0 aliphatic rings. The number of aromatic nitrogens is 2. The maximum atomic E-state index is 12.3. The highest BCUT2D eigenvalue weighted by Crippen LogP contribution is 2.25. The van der Waals surface area contributed by atoms with E-state index in [-0.39, 0.29) is 18.1 Å². The lowest BCUT2D eigenvalue weighted by atomic mass is 10.1. The first kappa shape index (κ1) is 19.8. The van der Waals surface area contributed by atoms with Gasteiger partial charge in [-0.2, -0.15) is 5.10 Å². The lowest BCUT2D eigenvalue weighted by molar-refractivity contribution is -0.384. The summed E-state index contributed by atoms with van der Waals surface area (Å²) in [5, 5.41) is 14.9. The molecule has 0 bridgehead atoms. The second-order valence-corrected chi connectivity index (χ2v) is 6.15. The number of methoxy groups -OCH3 is 1. The maximum absolute atomic E-state index is 12.3. The first-order valence-corrected chi connectivity index (χ1v) is 8.72. The number of nitro benzene ring substituents is 1. The van der Waals surface area contributed by atoms with Gasteiger partial charge in [0, 0.05) is 24.9 Å². The van der Waals surface area contributed by atoms with Crippen LogP contribution in [0.1, 0.15) is 21.6 Å². The first-order chi connectivity index (χ1) is 14.0. The summed E-state index contributed by atoms with van der Waals surface area (Å²) in [4.78, 5) is 22.7. The predicted octanol–water partition coefficient (Wildman–Crippen LogP) is 3.81. The van der Waals surface area contributed by atoms with Gasteiger partial charge in [0.15, 0.2) is 0 Å². The van der Waals surface area contributed by atoms with Gasteiger partial charge in [-0.25, -0.2) is 0 Å². The van der Waals surface area contributed by atoms with Gasteiger partial charge in [0.1, 0.15) is 23.8 Å². The van der Waals surface area contributed by atoms with E-state index in [1.165, 1.54) is 22.9 Å². The zero-order chi connectivity index (χ0) is 20.8. The number of aryl methyl sites for hydroxylation is 1. The van der Waals surface area contributed by atoms with Gasteiger partial charge in [0.25, 0.3) is 5.69 Å². The zero-order valence-corrected chi connectivity index (χ0v) is 15.9. The molecule has 0 amide bonds. The largest absolute Gasteiger partial charge is 0.496 e. The summed E-state index contributed by atoms with van der Waals surface area (Å²) in [5.41, 5.74) is 1.98. The summed E-state index contributed by atoms with van der Waals surface area (Å²) in [6.07, 6.45) is 4.74. The predicted molar refractivity (Wildman–Crippen MR) is 107 cm³/mol. The quantitative estimate of drug-likeness (QED) is 0.250. The Morgan fingerprint density at radius 3 is 2.76 bits per heavy atom. The van der Waals surface area contributed by atoms with Crippen LogP contribution in [0.15, 0.2) is 60.8 Å². The number of non-ortho nitro benzene ring substituents is 1. The van der Waals surface area contributed by atoms with E-state index in [1.807, 2.05) is 12.1 Å². The van der Waals surface area contributed by atoms with Crippen LogP contribution in [-0.4, -0.2) is 27.6 Å². The molecule has 148 valence electrons. The monoisotopic (exact) mass is 393 g/mol. The number of hydrogen-bond acceptors (Lipinski definition) is 6. The smallest absolute Gasteiger partial charge is 0.273 e. The second-order valence-electron chi connectivity index (χ2n) is 6.15. The molecule has 0 unspecified atom stereocenters. The van der Waals surface area contributed by atoms with E-state index in [0.29, 0.717) is 17.2 Å². The van der Waals surface area contributed by atoms with Crippen LogP contribution in [0.4, 0.5) is 5.69 Å². The molecule has 2 aromatic carbocycles. The van der Waals surface area contributed by atoms with Crippen molar-refractivity contribution in [1.29, 1.82) is 0 Å². The number of rotatable bonds is 8. The van der Waals surface area contributed by atoms with Gasteiger partial charge >= 0.3 is 0 Å². The number of carbonyl (C=O) groups excluding carboxylic acids is 1. The van der Waals surface area contributed by atoms with Gasteiger partial charge in [-0.1, -0.05) is 18.2 Å². The summed E-state index contributed by atoms with van der Waals surface area (Å²) in [6.45, 7) is 0.154. The molecule has 3 aromatic rings. The van der Waals surface area contributed by atoms with E-state index in [2.05, 4.69) is 5.10 Å². The van der Waals surface area contributed by atoms with Gasteiger partial charge in [-0.15, -0.1) is 0 Å². The van der Waals surface area contributed by atoms with Crippen LogP contribution >= 0.6 is 0 Å². The number of benzene rings is 2. The first-order valence-electron chi connectivity index (χ1n) is 8.72. The molecule has 8 heteroatoms. The Morgan fingerprint density at radius 2 is 2.07 bits per heavy atom. The van der Waals surface area contributed by atoms with E-state index < -0.39 is 4.92 Å². The number of ketones is 1. The molecule has 0 aliphatic heterocycles. The van der Waals surface area contributed by atoms with Crippen molar-refractivity contribution in [3.63, 3.8) is 0 Å².